The van der Waals surface area contributed by atoms with E-state index >= 15 is 0 Å². The number of hydrogen-bond acceptors (Lipinski definition) is 3. The smallest absolute Gasteiger partial charge is 0.410 e. The van der Waals surface area contributed by atoms with Crippen molar-refractivity contribution in [2.75, 3.05) is 12.4 Å². The number of rotatable bonds is 5. The molecule has 3 amide bonds. The number of para-hydroxylation sites is 1. The van der Waals surface area contributed by atoms with E-state index in [4.69, 9.17) is 16.3 Å². The fourth-order valence-corrected chi connectivity index (χ4v) is 2.76. The summed E-state index contributed by atoms with van der Waals surface area (Å²) in [6.07, 6.45) is -0.423. The fourth-order valence-electron chi connectivity index (χ4n) is 2.63. The molecule has 0 saturated heterocycles. The lowest BCUT2D eigenvalue weighted by atomic mass is 10.1. The van der Waals surface area contributed by atoms with Crippen LogP contribution >= 0.6 is 11.6 Å². The minimum Gasteiger partial charge on any atom is -0.444 e. The van der Waals surface area contributed by atoms with Crippen LogP contribution in [-0.4, -0.2) is 29.7 Å². The highest BCUT2D eigenvalue weighted by molar-refractivity contribution is 6.30. The number of ether oxygens (including phenoxy) is 1. The topological polar surface area (TPSA) is 70.7 Å². The Morgan fingerprint density at radius 1 is 1.10 bits per heavy atom. The fraction of sp³-hybridized carbons (Fsp3) is 0.364. The van der Waals surface area contributed by atoms with E-state index in [0.29, 0.717) is 17.3 Å². The summed E-state index contributed by atoms with van der Waals surface area (Å²) < 4.78 is 5.38. The molecule has 29 heavy (non-hydrogen) atoms. The molecule has 7 heteroatoms. The summed E-state index contributed by atoms with van der Waals surface area (Å²) in [5.41, 5.74) is 1.81. The lowest BCUT2D eigenvalue weighted by molar-refractivity contribution is 0.0285. The number of halogens is 1. The van der Waals surface area contributed by atoms with Gasteiger partial charge in [0.1, 0.15) is 5.60 Å². The first-order valence-corrected chi connectivity index (χ1v) is 9.78. The second-order valence-corrected chi connectivity index (χ2v) is 8.30. The quantitative estimate of drug-likeness (QED) is 0.666. The van der Waals surface area contributed by atoms with Crippen molar-refractivity contribution >= 4 is 29.4 Å². The third-order valence-electron chi connectivity index (χ3n) is 4.10. The van der Waals surface area contributed by atoms with Gasteiger partial charge < -0.3 is 20.3 Å². The Kier molecular flexibility index (Phi) is 7.51. The average molecular weight is 418 g/mol. The molecule has 0 bridgehead atoms. The van der Waals surface area contributed by atoms with Gasteiger partial charge in [-0.15, -0.1) is 0 Å². The Hall–Kier alpha value is -2.73. The summed E-state index contributed by atoms with van der Waals surface area (Å²) in [5.74, 6) is 0. The molecule has 0 aliphatic rings. The summed E-state index contributed by atoms with van der Waals surface area (Å²) in [5, 5.41) is 6.41. The van der Waals surface area contributed by atoms with Crippen LogP contribution in [0.4, 0.5) is 15.3 Å². The normalized spacial score (nSPS) is 12.1. The van der Waals surface area contributed by atoms with E-state index in [2.05, 4.69) is 10.6 Å². The van der Waals surface area contributed by atoms with Crippen LogP contribution in [0.5, 0.6) is 0 Å². The van der Waals surface area contributed by atoms with Gasteiger partial charge in [-0.2, -0.15) is 0 Å². The first kappa shape index (κ1) is 22.6. The van der Waals surface area contributed by atoms with Crippen molar-refractivity contribution in [2.24, 2.45) is 0 Å². The van der Waals surface area contributed by atoms with Gasteiger partial charge in [-0.1, -0.05) is 41.9 Å². The van der Waals surface area contributed by atoms with Crippen molar-refractivity contribution in [3.63, 3.8) is 0 Å². The summed E-state index contributed by atoms with van der Waals surface area (Å²) in [6.45, 7) is 7.66. The molecule has 2 rings (SSSR count). The predicted molar refractivity (Wildman–Crippen MR) is 116 cm³/mol. The summed E-state index contributed by atoms with van der Waals surface area (Å²) in [7, 11) is 1.66. The largest absolute Gasteiger partial charge is 0.444 e. The van der Waals surface area contributed by atoms with E-state index in [1.54, 1.807) is 25.2 Å². The van der Waals surface area contributed by atoms with Crippen LogP contribution in [0.15, 0.2) is 48.5 Å². The SMILES string of the molecule is CC(NC(=O)Nc1ccccc1CN(C)C(=O)OC(C)(C)C)c1ccc(Cl)cc1. The molecular formula is C22H28ClN3O3. The van der Waals surface area contributed by atoms with Crippen molar-refractivity contribution < 1.29 is 14.3 Å². The Balaban J connectivity index is 2.01. The zero-order valence-electron chi connectivity index (χ0n) is 17.5. The van der Waals surface area contributed by atoms with Crippen LogP contribution < -0.4 is 10.6 Å². The first-order chi connectivity index (χ1) is 13.5. The summed E-state index contributed by atoms with van der Waals surface area (Å²) >= 11 is 5.91. The van der Waals surface area contributed by atoms with E-state index in [9.17, 15) is 9.59 Å². The van der Waals surface area contributed by atoms with Crippen LogP contribution in [0.3, 0.4) is 0 Å². The second-order valence-electron chi connectivity index (χ2n) is 7.87. The third kappa shape index (κ3) is 7.31. The van der Waals surface area contributed by atoms with E-state index in [1.807, 2.05) is 58.0 Å². The molecular weight excluding hydrogens is 390 g/mol. The van der Waals surface area contributed by atoms with Gasteiger partial charge in [-0.3, -0.25) is 0 Å². The van der Waals surface area contributed by atoms with Gasteiger partial charge in [0, 0.05) is 17.8 Å². The highest BCUT2D eigenvalue weighted by Gasteiger charge is 2.20. The number of amides is 3. The van der Waals surface area contributed by atoms with Crippen molar-refractivity contribution in [2.45, 2.75) is 45.9 Å². The summed E-state index contributed by atoms with van der Waals surface area (Å²) in [4.78, 5) is 26.2. The number of benzene rings is 2. The van der Waals surface area contributed by atoms with Crippen molar-refractivity contribution in [1.82, 2.24) is 10.2 Å². The molecule has 2 aromatic carbocycles. The van der Waals surface area contributed by atoms with Gasteiger partial charge >= 0.3 is 12.1 Å². The van der Waals surface area contributed by atoms with Crippen LogP contribution in [0, 0.1) is 0 Å². The Morgan fingerprint density at radius 2 is 1.72 bits per heavy atom. The van der Waals surface area contributed by atoms with Crippen molar-refractivity contribution in [1.29, 1.82) is 0 Å². The standard InChI is InChI=1S/C22H28ClN3O3/c1-15(16-10-12-18(23)13-11-16)24-20(27)25-19-9-7-6-8-17(19)14-26(5)21(28)29-22(2,3)4/h6-13,15H,14H2,1-5H3,(H2,24,25,27). The van der Waals surface area contributed by atoms with Gasteiger partial charge in [-0.25, -0.2) is 9.59 Å². The van der Waals surface area contributed by atoms with Gasteiger partial charge in [0.25, 0.3) is 0 Å². The lowest BCUT2D eigenvalue weighted by Crippen LogP contribution is -2.34. The highest BCUT2D eigenvalue weighted by Crippen LogP contribution is 2.20. The van der Waals surface area contributed by atoms with E-state index in [1.165, 1.54) is 4.90 Å². The molecule has 0 radical (unpaired) electrons. The van der Waals surface area contributed by atoms with Crippen molar-refractivity contribution in [3.8, 4) is 0 Å². The molecule has 0 spiro atoms. The minimum atomic E-state index is -0.569. The maximum Gasteiger partial charge on any atom is 0.410 e. The van der Waals surface area contributed by atoms with Crippen LogP contribution in [0.1, 0.15) is 44.9 Å². The minimum absolute atomic E-state index is 0.191. The third-order valence-corrected chi connectivity index (χ3v) is 4.35. The van der Waals surface area contributed by atoms with Gasteiger partial charge in [0.05, 0.1) is 12.6 Å². The number of carbonyl (C=O) groups excluding carboxylic acids is 2. The van der Waals surface area contributed by atoms with Gasteiger partial charge in [0.2, 0.25) is 0 Å². The average Bonchev–Trinajstić information content (AvgIpc) is 2.62. The van der Waals surface area contributed by atoms with E-state index in [0.717, 1.165) is 11.1 Å². The molecule has 1 unspecified atom stereocenters. The molecule has 6 nitrogen and oxygen atoms in total. The molecule has 0 aromatic heterocycles. The Labute approximate surface area is 177 Å². The number of nitrogens with zero attached hydrogens (tertiary/aromatic N) is 1. The van der Waals surface area contributed by atoms with E-state index in [-0.39, 0.29) is 12.1 Å². The Morgan fingerprint density at radius 3 is 2.34 bits per heavy atom. The number of carbonyl (C=O) groups is 2. The zero-order valence-corrected chi connectivity index (χ0v) is 18.2. The molecule has 0 aliphatic carbocycles. The van der Waals surface area contributed by atoms with Crippen LogP contribution in [-0.2, 0) is 11.3 Å². The van der Waals surface area contributed by atoms with Crippen LogP contribution in [0.2, 0.25) is 5.02 Å². The maximum absolute atomic E-state index is 12.5. The van der Waals surface area contributed by atoms with E-state index < -0.39 is 11.7 Å². The summed E-state index contributed by atoms with van der Waals surface area (Å²) in [6, 6.07) is 14.1. The molecule has 0 aliphatic heterocycles. The molecule has 156 valence electrons. The number of anilines is 1. The monoisotopic (exact) mass is 417 g/mol. The predicted octanol–water partition coefficient (Wildman–Crippen LogP) is 5.59. The number of hydrogen-bond donors (Lipinski definition) is 2. The van der Waals surface area contributed by atoms with Crippen molar-refractivity contribution in [3.05, 3.63) is 64.7 Å². The zero-order chi connectivity index (χ0) is 21.6. The maximum atomic E-state index is 12.5. The number of nitrogens with one attached hydrogen (secondary N) is 2. The molecule has 0 saturated carbocycles. The first-order valence-electron chi connectivity index (χ1n) is 9.40. The molecule has 2 aromatic rings. The second kappa shape index (κ2) is 9.65. The highest BCUT2D eigenvalue weighted by atomic mass is 35.5. The Bertz CT molecular complexity index is 847. The number of urea groups is 1. The molecule has 0 fully saturated rings. The van der Waals surface area contributed by atoms with Gasteiger partial charge in [0.15, 0.2) is 0 Å². The van der Waals surface area contributed by atoms with Gasteiger partial charge in [-0.05, 0) is 57.0 Å². The molecule has 0 heterocycles. The van der Waals surface area contributed by atoms with Crippen LogP contribution in [0.25, 0.3) is 0 Å². The molecule has 1 atom stereocenters. The lowest BCUT2D eigenvalue weighted by Gasteiger charge is -2.25. The molecule has 2 N–H and O–H groups in total.